The number of alkyl halides is 3. The number of hydrogen-bond donors (Lipinski definition) is 1. The SMILES string of the molecule is O=C(CSC1=N/C(=C/c2ccccc2)C(=O)N1c1ccc(F)cc1)NCC(F)(F)F. The first-order valence-electron chi connectivity index (χ1n) is 8.65. The van der Waals surface area contributed by atoms with Gasteiger partial charge < -0.3 is 5.32 Å². The maximum atomic E-state index is 13.3. The second-order valence-corrected chi connectivity index (χ2v) is 7.07. The lowest BCUT2D eigenvalue weighted by Crippen LogP contribution is -2.36. The molecule has 0 atom stereocenters. The summed E-state index contributed by atoms with van der Waals surface area (Å²) in [5.41, 5.74) is 1.13. The van der Waals surface area contributed by atoms with Crippen LogP contribution < -0.4 is 10.2 Å². The van der Waals surface area contributed by atoms with Gasteiger partial charge in [0.25, 0.3) is 5.91 Å². The Morgan fingerprint density at radius 1 is 1.10 bits per heavy atom. The van der Waals surface area contributed by atoms with Gasteiger partial charge in [-0.05, 0) is 35.9 Å². The van der Waals surface area contributed by atoms with Crippen LogP contribution in [0.3, 0.4) is 0 Å². The van der Waals surface area contributed by atoms with Crippen molar-refractivity contribution in [3.63, 3.8) is 0 Å². The number of carbonyl (C=O) groups is 2. The number of nitrogens with one attached hydrogen (secondary N) is 1. The average molecular weight is 437 g/mol. The van der Waals surface area contributed by atoms with Gasteiger partial charge in [0.2, 0.25) is 5.91 Å². The van der Waals surface area contributed by atoms with E-state index >= 15 is 0 Å². The van der Waals surface area contributed by atoms with Crippen LogP contribution in [-0.2, 0) is 9.59 Å². The van der Waals surface area contributed by atoms with Gasteiger partial charge in [-0.3, -0.25) is 14.5 Å². The fraction of sp³-hybridized carbons (Fsp3) is 0.150. The van der Waals surface area contributed by atoms with Crippen LogP contribution in [0.15, 0.2) is 65.3 Å². The summed E-state index contributed by atoms with van der Waals surface area (Å²) in [5, 5.41) is 1.87. The molecular formula is C20H15F4N3O2S. The van der Waals surface area contributed by atoms with E-state index in [1.807, 2.05) is 6.07 Å². The summed E-state index contributed by atoms with van der Waals surface area (Å²) < 4.78 is 50.0. The van der Waals surface area contributed by atoms with Crippen LogP contribution in [0.4, 0.5) is 23.2 Å². The zero-order valence-corrected chi connectivity index (χ0v) is 16.1. The number of benzene rings is 2. The number of halogens is 4. The molecule has 0 bridgehead atoms. The summed E-state index contributed by atoms with van der Waals surface area (Å²) in [6, 6.07) is 14.0. The largest absolute Gasteiger partial charge is 0.405 e. The van der Waals surface area contributed by atoms with Gasteiger partial charge in [-0.25, -0.2) is 9.38 Å². The molecule has 0 aliphatic carbocycles. The Balaban J connectivity index is 1.82. The third-order valence-corrected chi connectivity index (χ3v) is 4.77. The number of aliphatic imine (C=N–C) groups is 1. The van der Waals surface area contributed by atoms with Crippen molar-refractivity contribution < 1.29 is 27.2 Å². The zero-order chi connectivity index (χ0) is 21.7. The number of amides is 2. The van der Waals surface area contributed by atoms with Crippen LogP contribution in [0.1, 0.15) is 5.56 Å². The molecule has 0 unspecified atom stereocenters. The first-order chi connectivity index (χ1) is 14.2. The molecule has 0 radical (unpaired) electrons. The predicted octanol–water partition coefficient (Wildman–Crippen LogP) is 3.98. The highest BCUT2D eigenvalue weighted by molar-refractivity contribution is 8.14. The Labute approximate surface area is 173 Å². The second kappa shape index (κ2) is 9.12. The first kappa shape index (κ1) is 21.6. The molecule has 156 valence electrons. The highest BCUT2D eigenvalue weighted by atomic mass is 32.2. The fourth-order valence-electron chi connectivity index (χ4n) is 2.50. The second-order valence-electron chi connectivity index (χ2n) is 6.13. The number of anilines is 1. The fourth-order valence-corrected chi connectivity index (χ4v) is 3.34. The van der Waals surface area contributed by atoms with Crippen LogP contribution in [-0.4, -0.2) is 35.5 Å². The van der Waals surface area contributed by atoms with Gasteiger partial charge in [-0.1, -0.05) is 42.1 Å². The Bertz CT molecular complexity index is 989. The zero-order valence-electron chi connectivity index (χ0n) is 15.3. The van der Waals surface area contributed by atoms with E-state index in [2.05, 4.69) is 4.99 Å². The van der Waals surface area contributed by atoms with E-state index in [-0.39, 0.29) is 16.6 Å². The van der Waals surface area contributed by atoms with Crippen LogP contribution in [0.2, 0.25) is 0 Å². The third-order valence-electron chi connectivity index (χ3n) is 3.84. The minimum absolute atomic E-state index is 0.0868. The average Bonchev–Trinajstić information content (AvgIpc) is 3.01. The molecule has 2 aromatic rings. The standard InChI is InChI=1S/C20H15F4N3O2S/c21-14-6-8-15(9-7-14)27-18(29)16(10-13-4-2-1-3-5-13)26-19(27)30-11-17(28)25-12-20(22,23)24/h1-10H,11-12H2,(H,25,28)/b16-10+. The number of nitrogens with zero attached hydrogens (tertiary/aromatic N) is 2. The predicted molar refractivity (Wildman–Crippen MR) is 107 cm³/mol. The molecule has 1 aliphatic heterocycles. The highest BCUT2D eigenvalue weighted by Crippen LogP contribution is 2.29. The summed E-state index contributed by atoms with van der Waals surface area (Å²) in [6.45, 7) is -1.45. The molecule has 0 fully saturated rings. The van der Waals surface area contributed by atoms with Crippen molar-refractivity contribution in [3.8, 4) is 0 Å². The monoisotopic (exact) mass is 437 g/mol. The summed E-state index contributed by atoms with van der Waals surface area (Å²) in [5.74, 6) is -2.22. The van der Waals surface area contributed by atoms with Gasteiger partial charge in [0, 0.05) is 0 Å². The highest BCUT2D eigenvalue weighted by Gasteiger charge is 2.33. The van der Waals surface area contributed by atoms with E-state index in [4.69, 9.17) is 0 Å². The molecule has 0 saturated heterocycles. The molecule has 3 rings (SSSR count). The van der Waals surface area contributed by atoms with Crippen molar-refractivity contribution in [2.75, 3.05) is 17.2 Å². The first-order valence-corrected chi connectivity index (χ1v) is 9.63. The van der Waals surface area contributed by atoms with Gasteiger partial charge in [-0.15, -0.1) is 0 Å². The molecule has 30 heavy (non-hydrogen) atoms. The van der Waals surface area contributed by atoms with E-state index < -0.39 is 30.4 Å². The normalized spacial score (nSPS) is 15.5. The van der Waals surface area contributed by atoms with Crippen molar-refractivity contribution in [1.82, 2.24) is 5.32 Å². The van der Waals surface area contributed by atoms with Gasteiger partial charge in [0.05, 0.1) is 11.4 Å². The van der Waals surface area contributed by atoms with Crippen molar-refractivity contribution >= 4 is 40.5 Å². The molecule has 0 saturated carbocycles. The Morgan fingerprint density at radius 2 is 1.77 bits per heavy atom. The van der Waals surface area contributed by atoms with Gasteiger partial charge in [0.1, 0.15) is 18.1 Å². The minimum Gasteiger partial charge on any atom is -0.346 e. The quantitative estimate of drug-likeness (QED) is 0.569. The summed E-state index contributed by atoms with van der Waals surface area (Å²) in [6.07, 6.45) is -2.97. The molecule has 5 nitrogen and oxygen atoms in total. The molecule has 10 heteroatoms. The van der Waals surface area contributed by atoms with E-state index in [1.165, 1.54) is 29.2 Å². The number of amidine groups is 1. The molecule has 2 amide bonds. The third kappa shape index (κ3) is 5.69. The molecule has 1 aliphatic rings. The Kier molecular flexibility index (Phi) is 6.56. The van der Waals surface area contributed by atoms with Gasteiger partial charge in [0.15, 0.2) is 5.17 Å². The molecule has 0 spiro atoms. The van der Waals surface area contributed by atoms with Crippen LogP contribution in [0.5, 0.6) is 0 Å². The van der Waals surface area contributed by atoms with Crippen molar-refractivity contribution in [2.24, 2.45) is 4.99 Å². The maximum Gasteiger partial charge on any atom is 0.405 e. The molecular weight excluding hydrogens is 422 g/mol. The maximum absolute atomic E-state index is 13.3. The Hall–Kier alpha value is -3.14. The van der Waals surface area contributed by atoms with Gasteiger partial charge >= 0.3 is 6.18 Å². The minimum atomic E-state index is -4.52. The smallest absolute Gasteiger partial charge is 0.346 e. The van der Waals surface area contributed by atoms with Crippen LogP contribution in [0, 0.1) is 5.82 Å². The lowest BCUT2D eigenvalue weighted by Gasteiger charge is -2.17. The van der Waals surface area contributed by atoms with Crippen molar-refractivity contribution in [2.45, 2.75) is 6.18 Å². The van der Waals surface area contributed by atoms with Crippen LogP contribution >= 0.6 is 11.8 Å². The molecule has 1 heterocycles. The van der Waals surface area contributed by atoms with E-state index in [1.54, 1.807) is 35.7 Å². The summed E-state index contributed by atoms with van der Waals surface area (Å²) >= 11 is 0.809. The summed E-state index contributed by atoms with van der Waals surface area (Å²) in [7, 11) is 0. The van der Waals surface area contributed by atoms with E-state index in [0.29, 0.717) is 5.69 Å². The van der Waals surface area contributed by atoms with Crippen molar-refractivity contribution in [1.29, 1.82) is 0 Å². The van der Waals surface area contributed by atoms with Crippen molar-refractivity contribution in [3.05, 3.63) is 71.7 Å². The lowest BCUT2D eigenvalue weighted by atomic mass is 10.2. The Morgan fingerprint density at radius 3 is 2.40 bits per heavy atom. The van der Waals surface area contributed by atoms with Gasteiger partial charge in [-0.2, -0.15) is 13.2 Å². The number of thioether (sulfide) groups is 1. The number of rotatable bonds is 5. The number of carbonyl (C=O) groups excluding carboxylic acids is 2. The lowest BCUT2D eigenvalue weighted by molar-refractivity contribution is -0.136. The number of hydrogen-bond acceptors (Lipinski definition) is 4. The topological polar surface area (TPSA) is 61.8 Å². The molecule has 0 aromatic heterocycles. The summed E-state index contributed by atoms with van der Waals surface area (Å²) in [4.78, 5) is 30.1. The van der Waals surface area contributed by atoms with E-state index in [0.717, 1.165) is 17.3 Å². The molecule has 2 aromatic carbocycles. The van der Waals surface area contributed by atoms with Crippen LogP contribution in [0.25, 0.3) is 6.08 Å². The van der Waals surface area contributed by atoms with E-state index in [9.17, 15) is 27.2 Å². The molecule has 1 N–H and O–H groups in total.